The van der Waals surface area contributed by atoms with E-state index in [1.54, 1.807) is 0 Å². The lowest BCUT2D eigenvalue weighted by Gasteiger charge is -2.34. The van der Waals surface area contributed by atoms with Crippen molar-refractivity contribution >= 4 is 11.9 Å². The van der Waals surface area contributed by atoms with E-state index in [-0.39, 0.29) is 12.3 Å². The number of rotatable bonds is 4. The molecule has 1 saturated heterocycles. The van der Waals surface area contributed by atoms with Crippen LogP contribution in [0.1, 0.15) is 27.9 Å². The van der Waals surface area contributed by atoms with Crippen molar-refractivity contribution in [3.05, 3.63) is 34.9 Å². The zero-order valence-corrected chi connectivity index (χ0v) is 12.6. The minimum atomic E-state index is -0.774. The highest BCUT2D eigenvalue weighted by Crippen LogP contribution is 2.13. The summed E-state index contributed by atoms with van der Waals surface area (Å²) in [5.74, 6) is -0.705. The Morgan fingerprint density at radius 2 is 1.62 bits per heavy atom. The van der Waals surface area contributed by atoms with Gasteiger partial charge in [-0.05, 0) is 26.0 Å². The molecule has 1 N–H and O–H groups in total. The number of piperazine rings is 1. The standard InChI is InChI=1S/C16H22N2O3/c1-12-9-13(2)11-14(10-12)16(21)18-7-5-17(6-8-18)4-3-15(19)20/h9-11H,3-8H2,1-2H3,(H,19,20). The third kappa shape index (κ3) is 4.29. The van der Waals surface area contributed by atoms with Gasteiger partial charge in [0.05, 0.1) is 6.42 Å². The first-order valence-corrected chi connectivity index (χ1v) is 7.27. The minimum Gasteiger partial charge on any atom is -0.481 e. The normalized spacial score (nSPS) is 16.0. The van der Waals surface area contributed by atoms with E-state index >= 15 is 0 Å². The van der Waals surface area contributed by atoms with Gasteiger partial charge in [-0.1, -0.05) is 17.2 Å². The number of amides is 1. The molecular weight excluding hydrogens is 268 g/mol. The average Bonchev–Trinajstić information content (AvgIpc) is 2.44. The molecule has 0 bridgehead atoms. The number of hydrogen-bond donors (Lipinski definition) is 1. The second kappa shape index (κ2) is 6.72. The molecule has 1 fully saturated rings. The van der Waals surface area contributed by atoms with Gasteiger partial charge in [-0.25, -0.2) is 0 Å². The third-order valence-corrected chi connectivity index (χ3v) is 3.77. The van der Waals surface area contributed by atoms with Crippen molar-refractivity contribution in [2.75, 3.05) is 32.7 Å². The molecule has 0 aromatic heterocycles. The number of benzene rings is 1. The third-order valence-electron chi connectivity index (χ3n) is 3.77. The van der Waals surface area contributed by atoms with Crippen molar-refractivity contribution < 1.29 is 14.7 Å². The maximum atomic E-state index is 12.5. The first-order chi connectivity index (χ1) is 9.95. The van der Waals surface area contributed by atoms with Crippen LogP contribution in [0.15, 0.2) is 18.2 Å². The molecule has 114 valence electrons. The first-order valence-electron chi connectivity index (χ1n) is 7.27. The van der Waals surface area contributed by atoms with Crippen molar-refractivity contribution in [3.63, 3.8) is 0 Å². The number of carbonyl (C=O) groups is 2. The second-order valence-electron chi connectivity index (χ2n) is 5.65. The predicted molar refractivity (Wildman–Crippen MR) is 80.5 cm³/mol. The highest BCUT2D eigenvalue weighted by molar-refractivity contribution is 5.94. The van der Waals surface area contributed by atoms with Gasteiger partial charge in [0, 0.05) is 38.3 Å². The predicted octanol–water partition coefficient (Wildman–Crippen LogP) is 1.54. The van der Waals surface area contributed by atoms with Crippen LogP contribution in [0, 0.1) is 13.8 Å². The van der Waals surface area contributed by atoms with Gasteiger partial charge in [0.15, 0.2) is 0 Å². The molecule has 5 heteroatoms. The van der Waals surface area contributed by atoms with Crippen molar-refractivity contribution in [2.24, 2.45) is 0 Å². The Morgan fingerprint density at radius 3 is 2.14 bits per heavy atom. The molecule has 21 heavy (non-hydrogen) atoms. The van der Waals surface area contributed by atoms with Gasteiger partial charge in [0.25, 0.3) is 5.91 Å². The fourth-order valence-electron chi connectivity index (χ4n) is 2.71. The highest BCUT2D eigenvalue weighted by atomic mass is 16.4. The Balaban J connectivity index is 1.92. The smallest absolute Gasteiger partial charge is 0.304 e. The molecule has 1 aromatic rings. The fraction of sp³-hybridized carbons (Fsp3) is 0.500. The summed E-state index contributed by atoms with van der Waals surface area (Å²) in [7, 11) is 0. The number of carboxylic acids is 1. The number of aryl methyl sites for hydroxylation is 2. The van der Waals surface area contributed by atoms with Gasteiger partial charge < -0.3 is 10.0 Å². The maximum Gasteiger partial charge on any atom is 0.304 e. The summed E-state index contributed by atoms with van der Waals surface area (Å²) in [6.45, 7) is 7.34. The average molecular weight is 290 g/mol. The Bertz CT molecular complexity index is 514. The molecule has 0 aliphatic carbocycles. The van der Waals surface area contributed by atoms with Crippen LogP contribution < -0.4 is 0 Å². The van der Waals surface area contributed by atoms with E-state index in [4.69, 9.17) is 5.11 Å². The topological polar surface area (TPSA) is 60.9 Å². The van der Waals surface area contributed by atoms with E-state index in [9.17, 15) is 9.59 Å². The zero-order valence-electron chi connectivity index (χ0n) is 12.6. The molecule has 0 atom stereocenters. The monoisotopic (exact) mass is 290 g/mol. The molecular formula is C16H22N2O3. The number of carboxylic acid groups (broad SMARTS) is 1. The Morgan fingerprint density at radius 1 is 1.05 bits per heavy atom. The van der Waals surface area contributed by atoms with Crippen LogP contribution in [0.4, 0.5) is 0 Å². The van der Waals surface area contributed by atoms with E-state index in [0.29, 0.717) is 19.6 Å². The van der Waals surface area contributed by atoms with Crippen molar-refractivity contribution in [3.8, 4) is 0 Å². The maximum absolute atomic E-state index is 12.5. The van der Waals surface area contributed by atoms with Crippen molar-refractivity contribution in [2.45, 2.75) is 20.3 Å². The summed E-state index contributed by atoms with van der Waals surface area (Å²) in [5, 5.41) is 8.69. The summed E-state index contributed by atoms with van der Waals surface area (Å²) < 4.78 is 0. The van der Waals surface area contributed by atoms with Crippen LogP contribution in [-0.4, -0.2) is 59.5 Å². The SMILES string of the molecule is Cc1cc(C)cc(C(=O)N2CCN(CCC(=O)O)CC2)c1. The largest absolute Gasteiger partial charge is 0.481 e. The van der Waals surface area contributed by atoms with Crippen LogP contribution in [0.25, 0.3) is 0 Å². The van der Waals surface area contributed by atoms with Crippen LogP contribution in [0.2, 0.25) is 0 Å². The van der Waals surface area contributed by atoms with E-state index in [1.165, 1.54) is 0 Å². The summed E-state index contributed by atoms with van der Waals surface area (Å²) in [4.78, 5) is 27.0. The summed E-state index contributed by atoms with van der Waals surface area (Å²) in [6, 6.07) is 5.90. The molecule has 1 heterocycles. The Labute approximate surface area is 125 Å². The zero-order chi connectivity index (χ0) is 15.4. The highest BCUT2D eigenvalue weighted by Gasteiger charge is 2.22. The summed E-state index contributed by atoms with van der Waals surface area (Å²) in [6.07, 6.45) is 0.158. The van der Waals surface area contributed by atoms with Crippen LogP contribution >= 0.6 is 0 Å². The van der Waals surface area contributed by atoms with E-state index in [1.807, 2.05) is 30.9 Å². The Hall–Kier alpha value is -1.88. The van der Waals surface area contributed by atoms with Crippen molar-refractivity contribution in [1.82, 2.24) is 9.80 Å². The fourth-order valence-corrected chi connectivity index (χ4v) is 2.71. The van der Waals surface area contributed by atoms with Crippen LogP contribution in [0.3, 0.4) is 0 Å². The minimum absolute atomic E-state index is 0.0692. The van der Waals surface area contributed by atoms with E-state index < -0.39 is 5.97 Å². The van der Waals surface area contributed by atoms with Gasteiger partial charge in [-0.3, -0.25) is 14.5 Å². The number of aliphatic carboxylic acids is 1. The van der Waals surface area contributed by atoms with E-state index in [0.717, 1.165) is 29.8 Å². The lowest BCUT2D eigenvalue weighted by molar-refractivity contribution is -0.137. The number of hydrogen-bond acceptors (Lipinski definition) is 3. The van der Waals surface area contributed by atoms with E-state index in [2.05, 4.69) is 11.0 Å². The summed E-state index contributed by atoms with van der Waals surface area (Å²) in [5.41, 5.74) is 2.93. The lowest BCUT2D eigenvalue weighted by Crippen LogP contribution is -2.49. The first kappa shape index (κ1) is 15.5. The lowest BCUT2D eigenvalue weighted by atomic mass is 10.1. The van der Waals surface area contributed by atoms with Gasteiger partial charge in [-0.2, -0.15) is 0 Å². The number of carbonyl (C=O) groups excluding carboxylic acids is 1. The van der Waals surface area contributed by atoms with Crippen molar-refractivity contribution in [1.29, 1.82) is 0 Å². The molecule has 1 aromatic carbocycles. The van der Waals surface area contributed by atoms with Gasteiger partial charge in [-0.15, -0.1) is 0 Å². The molecule has 1 aliphatic rings. The Kier molecular flexibility index (Phi) is 4.96. The molecule has 0 unspecified atom stereocenters. The quantitative estimate of drug-likeness (QED) is 0.913. The van der Waals surface area contributed by atoms with Crippen LogP contribution in [0.5, 0.6) is 0 Å². The molecule has 0 spiro atoms. The second-order valence-corrected chi connectivity index (χ2v) is 5.65. The van der Waals surface area contributed by atoms with Crippen LogP contribution in [-0.2, 0) is 4.79 Å². The van der Waals surface area contributed by atoms with Gasteiger partial charge >= 0.3 is 5.97 Å². The molecule has 0 radical (unpaired) electrons. The molecule has 5 nitrogen and oxygen atoms in total. The molecule has 2 rings (SSSR count). The molecule has 1 amide bonds. The number of nitrogens with zero attached hydrogens (tertiary/aromatic N) is 2. The molecule has 0 saturated carbocycles. The van der Waals surface area contributed by atoms with Gasteiger partial charge in [0.2, 0.25) is 0 Å². The van der Waals surface area contributed by atoms with Gasteiger partial charge in [0.1, 0.15) is 0 Å². The molecule has 1 aliphatic heterocycles. The summed E-state index contributed by atoms with van der Waals surface area (Å²) >= 11 is 0.